The third-order valence-corrected chi connectivity index (χ3v) is 4.05. The smallest absolute Gasteiger partial charge is 0.0698 e. The molecule has 1 fully saturated rings. The minimum Gasteiger partial charge on any atom is -0.375 e. The minimum absolute atomic E-state index is 0.228. The first-order valence-electron chi connectivity index (χ1n) is 7.06. The van der Waals surface area contributed by atoms with E-state index >= 15 is 0 Å². The highest BCUT2D eigenvalue weighted by atomic mass is 79.9. The monoisotopic (exact) mass is 327 g/mol. The Morgan fingerprint density at radius 3 is 2.35 bits per heavy atom. The fourth-order valence-corrected chi connectivity index (χ4v) is 2.45. The van der Waals surface area contributed by atoms with Crippen LogP contribution in [0.2, 0.25) is 0 Å². The van der Waals surface area contributed by atoms with E-state index in [2.05, 4.69) is 81.9 Å². The van der Waals surface area contributed by atoms with Gasteiger partial charge in [0.05, 0.1) is 6.04 Å². The number of rotatable bonds is 5. The zero-order valence-electron chi connectivity index (χ0n) is 11.3. The molecule has 2 aromatic carbocycles. The molecule has 1 saturated carbocycles. The van der Waals surface area contributed by atoms with E-state index in [9.17, 15) is 0 Å². The van der Waals surface area contributed by atoms with E-state index in [1.54, 1.807) is 0 Å². The molecule has 1 nitrogen and oxygen atoms in total. The van der Waals surface area contributed by atoms with Gasteiger partial charge in [-0.15, -0.1) is 0 Å². The summed E-state index contributed by atoms with van der Waals surface area (Å²) in [6.45, 7) is 0. The average Bonchev–Trinajstić information content (AvgIpc) is 3.30. The molecule has 1 atom stereocenters. The van der Waals surface area contributed by atoms with Crippen LogP contribution in [0.1, 0.15) is 24.4 Å². The maximum atomic E-state index is 3.60. The second-order valence-electron chi connectivity index (χ2n) is 5.26. The highest BCUT2D eigenvalue weighted by Crippen LogP contribution is 2.32. The Kier molecular flexibility index (Phi) is 4.22. The van der Waals surface area contributed by atoms with Gasteiger partial charge < -0.3 is 5.32 Å². The number of nitrogens with one attached hydrogen (secondary N) is 1. The molecule has 3 rings (SSSR count). The first kappa shape index (κ1) is 13.4. The second-order valence-corrected chi connectivity index (χ2v) is 6.18. The van der Waals surface area contributed by atoms with Crippen molar-refractivity contribution in [3.05, 3.63) is 76.8 Å². The van der Waals surface area contributed by atoms with Crippen molar-refractivity contribution in [2.24, 2.45) is 5.92 Å². The molecule has 1 aliphatic rings. The van der Waals surface area contributed by atoms with Gasteiger partial charge in [0.1, 0.15) is 0 Å². The zero-order valence-corrected chi connectivity index (χ0v) is 12.9. The summed E-state index contributed by atoms with van der Waals surface area (Å²) in [5.41, 5.74) is 2.44. The predicted molar refractivity (Wildman–Crippen MR) is 88.8 cm³/mol. The first-order chi connectivity index (χ1) is 9.81. The van der Waals surface area contributed by atoms with Crippen molar-refractivity contribution in [1.29, 1.82) is 0 Å². The summed E-state index contributed by atoms with van der Waals surface area (Å²) in [6, 6.07) is 19.1. The molecular formula is C18H18BrN. The molecule has 2 aromatic rings. The molecule has 20 heavy (non-hydrogen) atoms. The number of hydrogen-bond acceptors (Lipinski definition) is 1. The molecule has 1 aliphatic carbocycles. The van der Waals surface area contributed by atoms with Crippen molar-refractivity contribution in [1.82, 2.24) is 0 Å². The lowest BCUT2D eigenvalue weighted by molar-refractivity contribution is 0.962. The van der Waals surface area contributed by atoms with Crippen molar-refractivity contribution in [3.8, 4) is 0 Å². The number of anilines is 1. The van der Waals surface area contributed by atoms with E-state index in [1.807, 2.05) is 6.07 Å². The quantitative estimate of drug-likeness (QED) is 0.708. The largest absolute Gasteiger partial charge is 0.375 e. The maximum absolute atomic E-state index is 3.60. The van der Waals surface area contributed by atoms with Crippen molar-refractivity contribution >= 4 is 21.6 Å². The van der Waals surface area contributed by atoms with E-state index in [4.69, 9.17) is 0 Å². The van der Waals surface area contributed by atoms with Gasteiger partial charge in [0, 0.05) is 10.2 Å². The number of allylic oxidation sites excluding steroid dienone is 1. The van der Waals surface area contributed by atoms with Crippen molar-refractivity contribution in [2.75, 3.05) is 5.32 Å². The van der Waals surface area contributed by atoms with Crippen LogP contribution in [0, 0.1) is 5.92 Å². The van der Waals surface area contributed by atoms with Gasteiger partial charge in [0.15, 0.2) is 0 Å². The zero-order chi connectivity index (χ0) is 13.8. The van der Waals surface area contributed by atoms with Gasteiger partial charge >= 0.3 is 0 Å². The molecular weight excluding hydrogens is 310 g/mol. The normalized spacial score (nSPS) is 16.2. The summed E-state index contributed by atoms with van der Waals surface area (Å²) in [4.78, 5) is 0. The fourth-order valence-electron chi connectivity index (χ4n) is 2.18. The Hall–Kier alpha value is -1.54. The lowest BCUT2D eigenvalue weighted by Gasteiger charge is -2.17. The SMILES string of the molecule is Brc1ccc(C(/C=C/C2CC2)Nc2ccccc2)cc1. The van der Waals surface area contributed by atoms with Crippen LogP contribution in [0.5, 0.6) is 0 Å². The lowest BCUT2D eigenvalue weighted by Crippen LogP contribution is -2.08. The van der Waals surface area contributed by atoms with Crippen LogP contribution in [-0.2, 0) is 0 Å². The Labute approximate surface area is 128 Å². The molecule has 0 amide bonds. The molecule has 102 valence electrons. The van der Waals surface area contributed by atoms with Gasteiger partial charge in [-0.25, -0.2) is 0 Å². The molecule has 1 unspecified atom stereocenters. The summed E-state index contributed by atoms with van der Waals surface area (Å²) in [6.07, 6.45) is 7.33. The lowest BCUT2D eigenvalue weighted by atomic mass is 10.1. The summed E-state index contributed by atoms with van der Waals surface area (Å²) >= 11 is 3.50. The van der Waals surface area contributed by atoms with Gasteiger partial charge in [0.25, 0.3) is 0 Å². The highest BCUT2D eigenvalue weighted by Gasteiger charge is 2.18. The number of para-hydroxylation sites is 1. The van der Waals surface area contributed by atoms with Gasteiger partial charge in [-0.2, -0.15) is 0 Å². The second kappa shape index (κ2) is 6.27. The first-order valence-corrected chi connectivity index (χ1v) is 7.86. The van der Waals surface area contributed by atoms with Crippen LogP contribution < -0.4 is 5.32 Å². The molecule has 0 saturated heterocycles. The topological polar surface area (TPSA) is 12.0 Å². The average molecular weight is 328 g/mol. The van der Waals surface area contributed by atoms with Gasteiger partial charge in [-0.1, -0.05) is 58.4 Å². The predicted octanol–water partition coefficient (Wildman–Crippen LogP) is 5.57. The highest BCUT2D eigenvalue weighted by molar-refractivity contribution is 9.10. The van der Waals surface area contributed by atoms with E-state index in [-0.39, 0.29) is 6.04 Å². The maximum Gasteiger partial charge on any atom is 0.0698 e. The Morgan fingerprint density at radius 2 is 1.70 bits per heavy atom. The Bertz CT molecular complexity index is 570. The van der Waals surface area contributed by atoms with Crippen LogP contribution in [0.25, 0.3) is 0 Å². The van der Waals surface area contributed by atoms with E-state index in [1.165, 1.54) is 18.4 Å². The molecule has 0 aliphatic heterocycles. The molecule has 0 heterocycles. The molecule has 0 radical (unpaired) electrons. The molecule has 1 N–H and O–H groups in total. The Morgan fingerprint density at radius 1 is 1.00 bits per heavy atom. The van der Waals surface area contributed by atoms with Crippen molar-refractivity contribution in [3.63, 3.8) is 0 Å². The summed E-state index contributed by atoms with van der Waals surface area (Å²) < 4.78 is 1.12. The number of benzene rings is 2. The van der Waals surface area contributed by atoms with Crippen LogP contribution in [0.3, 0.4) is 0 Å². The Balaban J connectivity index is 1.81. The number of halogens is 1. The van der Waals surface area contributed by atoms with E-state index in [0.29, 0.717) is 0 Å². The van der Waals surface area contributed by atoms with Crippen LogP contribution in [0.4, 0.5) is 5.69 Å². The fraction of sp³-hybridized carbons (Fsp3) is 0.222. The third kappa shape index (κ3) is 3.73. The van der Waals surface area contributed by atoms with Crippen molar-refractivity contribution in [2.45, 2.75) is 18.9 Å². The summed E-state index contributed by atoms with van der Waals surface area (Å²) in [5.74, 6) is 0.797. The van der Waals surface area contributed by atoms with Gasteiger partial charge in [0.2, 0.25) is 0 Å². The molecule has 0 bridgehead atoms. The summed E-state index contributed by atoms with van der Waals surface area (Å²) in [7, 11) is 0. The summed E-state index contributed by atoms with van der Waals surface area (Å²) in [5, 5.41) is 3.60. The number of hydrogen-bond donors (Lipinski definition) is 1. The van der Waals surface area contributed by atoms with Gasteiger partial charge in [-0.05, 0) is 48.6 Å². The van der Waals surface area contributed by atoms with E-state index < -0.39 is 0 Å². The molecule has 0 aromatic heterocycles. The van der Waals surface area contributed by atoms with Crippen LogP contribution >= 0.6 is 15.9 Å². The standard InChI is InChI=1S/C18H18BrN/c19-16-11-9-15(10-12-16)18(13-8-14-6-7-14)20-17-4-2-1-3-5-17/h1-5,8-14,18,20H,6-7H2/b13-8+. The van der Waals surface area contributed by atoms with Crippen LogP contribution in [-0.4, -0.2) is 0 Å². The van der Waals surface area contributed by atoms with Gasteiger partial charge in [-0.3, -0.25) is 0 Å². The molecule has 2 heteroatoms. The minimum atomic E-state index is 0.228. The van der Waals surface area contributed by atoms with E-state index in [0.717, 1.165) is 16.1 Å². The molecule has 0 spiro atoms. The van der Waals surface area contributed by atoms with Crippen LogP contribution in [0.15, 0.2) is 71.2 Å². The van der Waals surface area contributed by atoms with Crippen molar-refractivity contribution < 1.29 is 0 Å². The third-order valence-electron chi connectivity index (χ3n) is 3.52.